The molecular weight excluding hydrogens is 385 g/mol. The number of halogens is 3. The van der Waals surface area contributed by atoms with Crippen LogP contribution in [0.4, 0.5) is 19.0 Å². The summed E-state index contributed by atoms with van der Waals surface area (Å²) in [5, 5.41) is 7.20. The van der Waals surface area contributed by atoms with Gasteiger partial charge in [-0.05, 0) is 37.8 Å². The SMILES string of the molecule is O=C(Nc1ccnn1C1CCN(C(=O)Cc2c(F)ccc(F)c2F)CC1)C1CC1. The number of hydrogen-bond acceptors (Lipinski definition) is 3. The molecule has 2 fully saturated rings. The van der Waals surface area contributed by atoms with Gasteiger partial charge in [0, 0.05) is 30.6 Å². The van der Waals surface area contributed by atoms with Crippen LogP contribution >= 0.6 is 0 Å². The molecule has 2 amide bonds. The number of likely N-dealkylation sites (tertiary alicyclic amines) is 1. The number of carbonyl (C=O) groups is 2. The van der Waals surface area contributed by atoms with Gasteiger partial charge in [0.25, 0.3) is 0 Å². The molecule has 2 heterocycles. The topological polar surface area (TPSA) is 67.2 Å². The average Bonchev–Trinajstić information content (AvgIpc) is 3.48. The standard InChI is InChI=1S/C20H21F3N4O2/c21-15-3-4-16(22)19(23)14(15)11-18(28)26-9-6-13(7-10-26)27-17(5-8-24-27)25-20(29)12-1-2-12/h3-5,8,12-13H,1-2,6-7,9-11H2,(H,25,29). The first-order chi connectivity index (χ1) is 13.9. The molecule has 1 saturated heterocycles. The predicted molar refractivity (Wildman–Crippen MR) is 98.5 cm³/mol. The van der Waals surface area contributed by atoms with E-state index < -0.39 is 35.3 Å². The zero-order chi connectivity index (χ0) is 20.5. The van der Waals surface area contributed by atoms with E-state index >= 15 is 0 Å². The molecule has 1 saturated carbocycles. The number of rotatable bonds is 5. The number of piperidine rings is 1. The van der Waals surface area contributed by atoms with Gasteiger partial charge in [-0.15, -0.1) is 0 Å². The van der Waals surface area contributed by atoms with Gasteiger partial charge in [0.05, 0.1) is 18.7 Å². The lowest BCUT2D eigenvalue weighted by Gasteiger charge is -2.33. The molecule has 1 aromatic carbocycles. The number of benzene rings is 1. The molecule has 9 heteroatoms. The average molecular weight is 406 g/mol. The molecule has 29 heavy (non-hydrogen) atoms. The summed E-state index contributed by atoms with van der Waals surface area (Å²) in [4.78, 5) is 26.0. The van der Waals surface area contributed by atoms with Gasteiger partial charge >= 0.3 is 0 Å². The van der Waals surface area contributed by atoms with Gasteiger partial charge in [0.1, 0.15) is 11.6 Å². The fourth-order valence-electron chi connectivity index (χ4n) is 3.63. The minimum absolute atomic E-state index is 0.00138. The highest BCUT2D eigenvalue weighted by molar-refractivity contribution is 5.93. The monoisotopic (exact) mass is 406 g/mol. The van der Waals surface area contributed by atoms with Crippen molar-refractivity contribution in [2.24, 2.45) is 5.92 Å². The van der Waals surface area contributed by atoms with Gasteiger partial charge in [-0.3, -0.25) is 9.59 Å². The fraction of sp³-hybridized carbons (Fsp3) is 0.450. The van der Waals surface area contributed by atoms with E-state index in [0.717, 1.165) is 18.9 Å². The Hall–Kier alpha value is -2.84. The van der Waals surface area contributed by atoms with Crippen LogP contribution in [0.3, 0.4) is 0 Å². The molecule has 0 spiro atoms. The Kier molecular flexibility index (Phi) is 5.29. The van der Waals surface area contributed by atoms with Crippen molar-refractivity contribution in [2.45, 2.75) is 38.1 Å². The quantitative estimate of drug-likeness (QED) is 0.777. The molecule has 1 aromatic heterocycles. The molecule has 1 aliphatic heterocycles. The number of nitrogens with zero attached hydrogens (tertiary/aromatic N) is 3. The summed E-state index contributed by atoms with van der Waals surface area (Å²) in [5.74, 6) is -3.15. The predicted octanol–water partition coefficient (Wildman–Crippen LogP) is 3.06. The summed E-state index contributed by atoms with van der Waals surface area (Å²) >= 11 is 0. The Bertz CT molecular complexity index is 934. The van der Waals surface area contributed by atoms with E-state index in [9.17, 15) is 22.8 Å². The van der Waals surface area contributed by atoms with E-state index in [1.807, 2.05) is 0 Å². The van der Waals surface area contributed by atoms with Crippen molar-refractivity contribution < 1.29 is 22.8 Å². The molecule has 0 unspecified atom stereocenters. The lowest BCUT2D eigenvalue weighted by molar-refractivity contribution is -0.131. The Morgan fingerprint density at radius 2 is 1.72 bits per heavy atom. The molecule has 0 atom stereocenters. The molecule has 0 radical (unpaired) electrons. The van der Waals surface area contributed by atoms with Gasteiger partial charge < -0.3 is 10.2 Å². The van der Waals surface area contributed by atoms with Crippen molar-refractivity contribution in [1.29, 1.82) is 0 Å². The molecule has 2 aliphatic rings. The highest BCUT2D eigenvalue weighted by Crippen LogP contribution is 2.31. The first-order valence-corrected chi connectivity index (χ1v) is 9.68. The van der Waals surface area contributed by atoms with E-state index in [1.54, 1.807) is 16.9 Å². The van der Waals surface area contributed by atoms with Crippen LogP contribution in [-0.4, -0.2) is 39.6 Å². The van der Waals surface area contributed by atoms with Crippen LogP contribution < -0.4 is 5.32 Å². The van der Waals surface area contributed by atoms with Crippen LogP contribution in [-0.2, 0) is 16.0 Å². The van der Waals surface area contributed by atoms with E-state index in [4.69, 9.17) is 0 Å². The largest absolute Gasteiger partial charge is 0.342 e. The van der Waals surface area contributed by atoms with E-state index in [-0.39, 0.29) is 17.9 Å². The summed E-state index contributed by atoms with van der Waals surface area (Å²) in [6, 6.07) is 3.27. The second-order valence-corrected chi connectivity index (χ2v) is 7.54. The Morgan fingerprint density at radius 3 is 2.41 bits per heavy atom. The summed E-state index contributed by atoms with van der Waals surface area (Å²) in [5.41, 5.74) is -0.547. The summed E-state index contributed by atoms with van der Waals surface area (Å²) in [6.45, 7) is 0.774. The molecule has 6 nitrogen and oxygen atoms in total. The highest BCUT2D eigenvalue weighted by atomic mass is 19.2. The maximum absolute atomic E-state index is 13.8. The third-order valence-corrected chi connectivity index (χ3v) is 5.50. The van der Waals surface area contributed by atoms with Crippen molar-refractivity contribution in [2.75, 3.05) is 18.4 Å². The van der Waals surface area contributed by atoms with Crippen molar-refractivity contribution in [1.82, 2.24) is 14.7 Å². The second-order valence-electron chi connectivity index (χ2n) is 7.54. The minimum atomic E-state index is -1.32. The van der Waals surface area contributed by atoms with Crippen LogP contribution in [0.5, 0.6) is 0 Å². The zero-order valence-corrected chi connectivity index (χ0v) is 15.7. The number of nitrogens with one attached hydrogen (secondary N) is 1. The second kappa shape index (κ2) is 7.88. The molecule has 1 N–H and O–H groups in total. The lowest BCUT2D eigenvalue weighted by atomic mass is 10.0. The number of amides is 2. The van der Waals surface area contributed by atoms with E-state index in [0.29, 0.717) is 37.8 Å². The Labute approximate surface area is 165 Å². The van der Waals surface area contributed by atoms with Crippen LogP contribution in [0, 0.1) is 23.4 Å². The number of carbonyl (C=O) groups excluding carboxylic acids is 2. The first-order valence-electron chi connectivity index (χ1n) is 9.68. The number of hydrogen-bond donors (Lipinski definition) is 1. The van der Waals surface area contributed by atoms with Gasteiger partial charge in [0.15, 0.2) is 11.6 Å². The maximum atomic E-state index is 13.8. The van der Waals surface area contributed by atoms with Crippen molar-refractivity contribution in [3.8, 4) is 0 Å². The van der Waals surface area contributed by atoms with Crippen LogP contribution in [0.15, 0.2) is 24.4 Å². The minimum Gasteiger partial charge on any atom is -0.342 e. The van der Waals surface area contributed by atoms with Crippen molar-refractivity contribution in [3.63, 3.8) is 0 Å². The Balaban J connectivity index is 1.36. The van der Waals surface area contributed by atoms with Gasteiger partial charge in [-0.1, -0.05) is 0 Å². The molecule has 4 rings (SSSR count). The van der Waals surface area contributed by atoms with Gasteiger partial charge in [0.2, 0.25) is 11.8 Å². The maximum Gasteiger partial charge on any atom is 0.228 e. The lowest BCUT2D eigenvalue weighted by Crippen LogP contribution is -2.40. The Morgan fingerprint density at radius 1 is 1.03 bits per heavy atom. The number of aromatic nitrogens is 2. The van der Waals surface area contributed by atoms with Gasteiger partial charge in [-0.25, -0.2) is 17.9 Å². The zero-order valence-electron chi connectivity index (χ0n) is 15.7. The van der Waals surface area contributed by atoms with Crippen LogP contribution in [0.2, 0.25) is 0 Å². The summed E-state index contributed by atoms with van der Waals surface area (Å²) < 4.78 is 42.7. The van der Waals surface area contributed by atoms with E-state index in [2.05, 4.69) is 10.4 Å². The fourth-order valence-corrected chi connectivity index (χ4v) is 3.63. The van der Waals surface area contributed by atoms with Crippen LogP contribution in [0.25, 0.3) is 0 Å². The summed E-state index contributed by atoms with van der Waals surface area (Å²) in [7, 11) is 0. The first kappa shape index (κ1) is 19.5. The van der Waals surface area contributed by atoms with E-state index in [1.165, 1.54) is 4.90 Å². The number of anilines is 1. The van der Waals surface area contributed by atoms with Crippen LogP contribution in [0.1, 0.15) is 37.3 Å². The molecular formula is C20H21F3N4O2. The molecule has 154 valence electrons. The molecule has 1 aliphatic carbocycles. The highest BCUT2D eigenvalue weighted by Gasteiger charge is 2.31. The normalized spacial score (nSPS) is 17.4. The third kappa shape index (κ3) is 4.13. The molecule has 2 aromatic rings. The smallest absolute Gasteiger partial charge is 0.228 e. The van der Waals surface area contributed by atoms with Crippen molar-refractivity contribution in [3.05, 3.63) is 47.4 Å². The third-order valence-electron chi connectivity index (χ3n) is 5.50. The van der Waals surface area contributed by atoms with Crippen molar-refractivity contribution >= 4 is 17.6 Å². The molecule has 0 bridgehead atoms. The summed E-state index contributed by atoms with van der Waals surface area (Å²) in [6.07, 6.45) is 4.10. The van der Waals surface area contributed by atoms with Gasteiger partial charge in [-0.2, -0.15) is 5.10 Å².